The first-order chi connectivity index (χ1) is 21.6. The van der Waals surface area contributed by atoms with E-state index in [1.54, 1.807) is 0 Å². The Kier molecular flexibility index (Phi) is 29.4. The van der Waals surface area contributed by atoms with Gasteiger partial charge in [0, 0.05) is 6.42 Å². The zero-order valence-electron chi connectivity index (χ0n) is 31.4. The molecule has 45 heavy (non-hydrogen) atoms. The van der Waals surface area contributed by atoms with Crippen LogP contribution in [0.3, 0.4) is 0 Å². The molecule has 0 saturated heterocycles. The summed E-state index contributed by atoms with van der Waals surface area (Å²) in [6, 6.07) is 0. The number of carbonyl (C=O) groups is 2. The molecule has 0 aliphatic heterocycles. The van der Waals surface area contributed by atoms with Crippen LogP contribution in [0.4, 0.5) is 0 Å². The summed E-state index contributed by atoms with van der Waals surface area (Å²) in [7, 11) is 8.44. The minimum absolute atomic E-state index is 0.162. The lowest BCUT2D eigenvalue weighted by Gasteiger charge is -2.28. The van der Waals surface area contributed by atoms with E-state index in [0.29, 0.717) is 41.7 Å². The van der Waals surface area contributed by atoms with Crippen molar-refractivity contribution in [3.05, 3.63) is 0 Å². The number of hydrogen-bond acceptors (Lipinski definition) is 4. The highest BCUT2D eigenvalue weighted by Crippen LogP contribution is 2.14. The van der Waals surface area contributed by atoms with Gasteiger partial charge < -0.3 is 18.4 Å². The highest BCUT2D eigenvalue weighted by atomic mass is 16.5. The van der Waals surface area contributed by atoms with Gasteiger partial charge in [-0.25, -0.2) is 9.59 Å². The Morgan fingerprint density at radius 2 is 0.622 bits per heavy atom. The quantitative estimate of drug-likeness (QED) is 0.0399. The van der Waals surface area contributed by atoms with Crippen molar-refractivity contribution in [3.8, 4) is 0 Å². The first kappa shape index (κ1) is 43.9. The third-order valence-electron chi connectivity index (χ3n) is 9.16. The molecular weight excluding hydrogens is 560 g/mol. The number of carbonyl (C=O) groups excluding carboxylic acids is 2. The Hall–Kier alpha value is -1.14. The number of quaternary nitrogens is 2. The first-order valence-corrected chi connectivity index (χ1v) is 19.6. The van der Waals surface area contributed by atoms with E-state index >= 15 is 0 Å². The van der Waals surface area contributed by atoms with Gasteiger partial charge >= 0.3 is 11.9 Å². The van der Waals surface area contributed by atoms with E-state index < -0.39 is 0 Å². The van der Waals surface area contributed by atoms with E-state index in [1.807, 2.05) is 0 Å². The molecule has 0 saturated carbocycles. The summed E-state index contributed by atoms with van der Waals surface area (Å²) < 4.78 is 12.2. The van der Waals surface area contributed by atoms with E-state index in [1.165, 1.54) is 141 Å². The molecule has 0 aromatic heterocycles. The maximum Gasteiger partial charge on any atom is 0.361 e. The molecule has 0 N–H and O–H groups in total. The molecule has 0 amide bonds. The van der Waals surface area contributed by atoms with Gasteiger partial charge in [-0.1, -0.05) is 142 Å². The molecular formula is C39H80N2O4+2. The first-order valence-electron chi connectivity index (χ1n) is 19.6. The maximum absolute atomic E-state index is 12.4. The SMILES string of the molecule is CCCCCCCCCCCCCC[N+](C)(C)CC(=O)OCCCOC(=O)C[N+](C)(C)CCCCCCCCCCCCCC. The lowest BCUT2D eigenvalue weighted by atomic mass is 10.1. The molecule has 0 aromatic rings. The Morgan fingerprint density at radius 1 is 0.378 bits per heavy atom. The Bertz CT molecular complexity index is 624. The van der Waals surface area contributed by atoms with Crippen LogP contribution in [0.5, 0.6) is 0 Å². The number of likely N-dealkylation sites (N-methyl/N-ethyl adjacent to an activating group) is 2. The maximum atomic E-state index is 12.4. The number of esters is 2. The van der Waals surface area contributed by atoms with Gasteiger partial charge in [-0.05, 0) is 25.7 Å². The highest BCUT2D eigenvalue weighted by Gasteiger charge is 2.22. The van der Waals surface area contributed by atoms with Crippen molar-refractivity contribution >= 4 is 11.9 Å². The average molecular weight is 641 g/mol. The van der Waals surface area contributed by atoms with Crippen LogP contribution in [0.25, 0.3) is 0 Å². The van der Waals surface area contributed by atoms with E-state index in [-0.39, 0.29) is 11.9 Å². The molecule has 6 heteroatoms. The van der Waals surface area contributed by atoms with Gasteiger partial charge in [-0.3, -0.25) is 0 Å². The topological polar surface area (TPSA) is 52.6 Å². The van der Waals surface area contributed by atoms with Crippen LogP contribution < -0.4 is 0 Å². The summed E-state index contributed by atoms with van der Waals surface area (Å²) in [6.45, 7) is 7.94. The summed E-state index contributed by atoms with van der Waals surface area (Å²) >= 11 is 0. The van der Waals surface area contributed by atoms with Crippen LogP contribution in [-0.4, -0.2) is 88.5 Å². The van der Waals surface area contributed by atoms with Gasteiger partial charge in [0.25, 0.3) is 0 Å². The molecule has 0 atom stereocenters. The minimum Gasteiger partial charge on any atom is -0.461 e. The van der Waals surface area contributed by atoms with Crippen LogP contribution in [0.2, 0.25) is 0 Å². The van der Waals surface area contributed by atoms with Gasteiger partial charge in [0.15, 0.2) is 13.1 Å². The van der Waals surface area contributed by atoms with Crippen LogP contribution in [-0.2, 0) is 19.1 Å². The minimum atomic E-state index is -0.162. The molecule has 0 bridgehead atoms. The van der Waals surface area contributed by atoms with E-state index in [4.69, 9.17) is 9.47 Å². The molecule has 0 fully saturated rings. The molecule has 0 unspecified atom stereocenters. The van der Waals surface area contributed by atoms with Gasteiger partial charge in [0.1, 0.15) is 0 Å². The second kappa shape index (κ2) is 30.2. The van der Waals surface area contributed by atoms with Crippen molar-refractivity contribution in [3.63, 3.8) is 0 Å². The van der Waals surface area contributed by atoms with Crippen LogP contribution in [0.1, 0.15) is 174 Å². The number of rotatable bonds is 34. The summed E-state index contributed by atoms with van der Waals surface area (Å²) in [5.41, 5.74) is 0. The largest absolute Gasteiger partial charge is 0.461 e. The lowest BCUT2D eigenvalue weighted by Crippen LogP contribution is -2.45. The highest BCUT2D eigenvalue weighted by molar-refractivity contribution is 5.71. The predicted octanol–water partition coefficient (Wildman–Crippen LogP) is 10.0. The molecule has 268 valence electrons. The molecule has 0 aliphatic rings. The molecule has 0 radical (unpaired) electrons. The summed E-state index contributed by atoms with van der Waals surface area (Å²) in [5, 5.41) is 0. The number of ether oxygens (including phenoxy) is 2. The van der Waals surface area contributed by atoms with Crippen molar-refractivity contribution in [2.45, 2.75) is 174 Å². The Labute approximate surface area is 281 Å². The molecule has 0 aliphatic carbocycles. The van der Waals surface area contributed by atoms with Crippen LogP contribution in [0.15, 0.2) is 0 Å². The Balaban J connectivity index is 3.71. The van der Waals surface area contributed by atoms with Gasteiger partial charge in [0.05, 0.1) is 54.5 Å². The fourth-order valence-corrected chi connectivity index (χ4v) is 6.14. The second-order valence-electron chi connectivity index (χ2n) is 15.2. The Morgan fingerprint density at radius 3 is 0.889 bits per heavy atom. The van der Waals surface area contributed by atoms with Crippen molar-refractivity contribution < 1.29 is 28.0 Å². The predicted molar refractivity (Wildman–Crippen MR) is 192 cm³/mol. The number of nitrogens with zero attached hydrogens (tertiary/aromatic N) is 2. The van der Waals surface area contributed by atoms with Crippen molar-refractivity contribution in [2.24, 2.45) is 0 Å². The summed E-state index contributed by atoms with van der Waals surface area (Å²) in [5.74, 6) is -0.323. The monoisotopic (exact) mass is 641 g/mol. The van der Waals surface area contributed by atoms with Crippen molar-refractivity contribution in [1.82, 2.24) is 0 Å². The normalized spacial score (nSPS) is 12.0. The summed E-state index contributed by atoms with van der Waals surface area (Å²) in [6.07, 6.45) is 32.8. The van der Waals surface area contributed by atoms with Gasteiger partial charge in [-0.15, -0.1) is 0 Å². The zero-order valence-corrected chi connectivity index (χ0v) is 31.4. The van der Waals surface area contributed by atoms with E-state index in [9.17, 15) is 9.59 Å². The molecule has 6 nitrogen and oxygen atoms in total. The molecule has 0 heterocycles. The average Bonchev–Trinajstić information content (AvgIpc) is 2.97. The second-order valence-corrected chi connectivity index (χ2v) is 15.2. The van der Waals surface area contributed by atoms with Crippen LogP contribution >= 0.6 is 0 Å². The zero-order chi connectivity index (χ0) is 33.5. The molecule has 0 aromatic carbocycles. The van der Waals surface area contributed by atoms with Crippen LogP contribution in [0, 0.1) is 0 Å². The lowest BCUT2D eigenvalue weighted by molar-refractivity contribution is -0.883. The van der Waals surface area contributed by atoms with E-state index in [2.05, 4.69) is 42.0 Å². The smallest absolute Gasteiger partial charge is 0.361 e. The van der Waals surface area contributed by atoms with Gasteiger partial charge in [-0.2, -0.15) is 0 Å². The third kappa shape index (κ3) is 32.6. The fraction of sp³-hybridized carbons (Fsp3) is 0.949. The molecule has 0 spiro atoms. The van der Waals surface area contributed by atoms with Gasteiger partial charge in [0.2, 0.25) is 0 Å². The molecule has 0 rings (SSSR count). The van der Waals surface area contributed by atoms with Crippen molar-refractivity contribution in [2.75, 3.05) is 67.6 Å². The number of unbranched alkanes of at least 4 members (excludes halogenated alkanes) is 22. The summed E-state index contributed by atoms with van der Waals surface area (Å²) in [4.78, 5) is 24.7. The third-order valence-corrected chi connectivity index (χ3v) is 9.16. The van der Waals surface area contributed by atoms with Crippen molar-refractivity contribution in [1.29, 1.82) is 0 Å². The number of hydrogen-bond donors (Lipinski definition) is 0. The fourth-order valence-electron chi connectivity index (χ4n) is 6.14. The standard InChI is InChI=1S/C39H80N2O4/c1-7-9-11-13-15-17-19-21-23-25-27-29-32-40(3,4)36-38(42)44-34-31-35-45-39(43)37-41(5,6)33-30-28-26-24-22-20-18-16-14-12-10-8-2/h7-37H2,1-6H3/q+2. The van der Waals surface area contributed by atoms with E-state index in [0.717, 1.165) is 25.9 Å².